The molecule has 0 unspecified atom stereocenters. The maximum absolute atomic E-state index is 13.4. The van der Waals surface area contributed by atoms with Gasteiger partial charge in [-0.25, -0.2) is 9.80 Å². The van der Waals surface area contributed by atoms with Crippen molar-refractivity contribution in [2.75, 3.05) is 18.5 Å². The van der Waals surface area contributed by atoms with Gasteiger partial charge >= 0.3 is 5.97 Å². The number of hydrogen-bond donors (Lipinski definition) is 1. The van der Waals surface area contributed by atoms with Crippen molar-refractivity contribution in [3.63, 3.8) is 0 Å². The maximum Gasteiger partial charge on any atom is 0.338 e. The highest BCUT2D eigenvalue weighted by molar-refractivity contribution is 6.10. The van der Waals surface area contributed by atoms with Gasteiger partial charge in [0.25, 0.3) is 17.7 Å². The van der Waals surface area contributed by atoms with Crippen LogP contribution in [0.1, 0.15) is 78.7 Å². The second-order valence-electron chi connectivity index (χ2n) is 9.39. The largest absolute Gasteiger partial charge is 0.462 e. The minimum Gasteiger partial charge on any atom is -0.462 e. The second kappa shape index (κ2) is 10.9. The highest BCUT2D eigenvalue weighted by atomic mass is 16.5. The lowest BCUT2D eigenvalue weighted by molar-refractivity contribution is -0.148. The number of amides is 3. The van der Waals surface area contributed by atoms with E-state index in [0.717, 1.165) is 31.2 Å². The van der Waals surface area contributed by atoms with E-state index in [2.05, 4.69) is 12.2 Å². The van der Waals surface area contributed by atoms with Crippen LogP contribution >= 0.6 is 0 Å². The number of nitrogens with one attached hydrogen (secondary N) is 1. The molecule has 1 heterocycles. The summed E-state index contributed by atoms with van der Waals surface area (Å²) in [5.74, 6) is -0.909. The van der Waals surface area contributed by atoms with Gasteiger partial charge in [-0.05, 0) is 62.1 Å². The van der Waals surface area contributed by atoms with Crippen LogP contribution in [-0.2, 0) is 20.9 Å². The Morgan fingerprint density at radius 2 is 1.64 bits per heavy atom. The van der Waals surface area contributed by atoms with Gasteiger partial charge in [0, 0.05) is 17.8 Å². The molecule has 0 aromatic heterocycles. The predicted octanol–water partition coefficient (Wildman–Crippen LogP) is 4.56. The first-order valence-electron chi connectivity index (χ1n) is 12.7. The highest BCUT2D eigenvalue weighted by Crippen LogP contribution is 2.46. The third-order valence-electron chi connectivity index (χ3n) is 6.94. The summed E-state index contributed by atoms with van der Waals surface area (Å²) >= 11 is 0. The molecule has 0 atom stereocenters. The van der Waals surface area contributed by atoms with Gasteiger partial charge in [-0.2, -0.15) is 0 Å². The van der Waals surface area contributed by atoms with E-state index in [4.69, 9.17) is 4.74 Å². The Kier molecular flexibility index (Phi) is 7.72. The average molecular weight is 492 g/mol. The highest BCUT2D eigenvalue weighted by Gasteiger charge is 2.58. The molecule has 1 aliphatic carbocycles. The number of carbonyl (C=O) groups excluding carboxylic acids is 4. The Morgan fingerprint density at radius 1 is 0.944 bits per heavy atom. The number of rotatable bonds is 9. The number of hydrazine groups is 1. The van der Waals surface area contributed by atoms with Crippen LogP contribution in [0.15, 0.2) is 48.5 Å². The molecule has 8 nitrogen and oxygen atoms in total. The van der Waals surface area contributed by atoms with Crippen molar-refractivity contribution >= 4 is 29.4 Å². The third kappa shape index (κ3) is 4.98. The molecule has 2 aromatic carbocycles. The van der Waals surface area contributed by atoms with Crippen molar-refractivity contribution in [3.8, 4) is 0 Å². The Balaban J connectivity index is 1.45. The van der Waals surface area contributed by atoms with Crippen molar-refractivity contribution in [1.82, 2.24) is 10.0 Å². The summed E-state index contributed by atoms with van der Waals surface area (Å²) in [6.45, 7) is 4.90. The molecule has 1 spiro atoms. The van der Waals surface area contributed by atoms with E-state index in [1.165, 1.54) is 0 Å². The van der Waals surface area contributed by atoms with Gasteiger partial charge < -0.3 is 10.1 Å². The SMILES string of the molecule is CCCCN1C(=O)C2(CCCC2)C(=O)N1Cc1ccc(C(=O)Nc2cccc(C(=O)OCC)c2)cc1. The summed E-state index contributed by atoms with van der Waals surface area (Å²) in [7, 11) is 0. The van der Waals surface area contributed by atoms with Crippen molar-refractivity contribution < 1.29 is 23.9 Å². The average Bonchev–Trinajstić information content (AvgIpc) is 3.45. The second-order valence-corrected chi connectivity index (χ2v) is 9.39. The number of esters is 1. The Labute approximate surface area is 211 Å². The van der Waals surface area contributed by atoms with Crippen LogP contribution in [-0.4, -0.2) is 46.9 Å². The first kappa shape index (κ1) is 25.4. The lowest BCUT2D eigenvalue weighted by Gasteiger charge is -2.27. The number of nitrogens with zero attached hydrogens (tertiary/aromatic N) is 2. The standard InChI is InChI=1S/C28H33N3O5/c1-3-5-17-30-26(34)28(15-6-7-16-28)27(35)31(30)19-20-11-13-21(14-12-20)24(32)29-23-10-8-9-22(18-23)25(33)36-4-2/h8-14,18H,3-7,15-17,19H2,1-2H3,(H,29,32). The first-order valence-corrected chi connectivity index (χ1v) is 12.7. The van der Waals surface area contributed by atoms with Crippen LogP contribution in [0.3, 0.4) is 0 Å². The molecule has 1 N–H and O–H groups in total. The topological polar surface area (TPSA) is 96.0 Å². The van der Waals surface area contributed by atoms with Gasteiger partial charge in [0.05, 0.1) is 18.7 Å². The van der Waals surface area contributed by atoms with Crippen molar-refractivity contribution in [2.24, 2.45) is 5.41 Å². The van der Waals surface area contributed by atoms with Crippen LogP contribution in [0.2, 0.25) is 0 Å². The zero-order valence-electron chi connectivity index (χ0n) is 20.9. The Hall–Kier alpha value is -3.68. The van der Waals surface area contributed by atoms with Crippen molar-refractivity contribution in [1.29, 1.82) is 0 Å². The maximum atomic E-state index is 13.4. The molecule has 2 fully saturated rings. The van der Waals surface area contributed by atoms with Crippen LogP contribution in [0.4, 0.5) is 5.69 Å². The van der Waals surface area contributed by atoms with Gasteiger partial charge in [0.2, 0.25) is 0 Å². The normalized spacial score (nSPS) is 16.6. The lowest BCUT2D eigenvalue weighted by Crippen LogP contribution is -2.40. The Morgan fingerprint density at radius 3 is 2.31 bits per heavy atom. The van der Waals surface area contributed by atoms with Gasteiger partial charge in [0.1, 0.15) is 5.41 Å². The molecule has 3 amide bonds. The summed E-state index contributed by atoms with van der Waals surface area (Å²) < 4.78 is 5.01. The van der Waals surface area contributed by atoms with E-state index in [-0.39, 0.29) is 24.3 Å². The molecule has 8 heteroatoms. The van der Waals surface area contributed by atoms with Gasteiger partial charge in [-0.3, -0.25) is 19.4 Å². The Bertz CT molecular complexity index is 1140. The summed E-state index contributed by atoms with van der Waals surface area (Å²) in [4.78, 5) is 51.3. The molecule has 1 aliphatic heterocycles. The lowest BCUT2D eigenvalue weighted by atomic mass is 9.85. The monoisotopic (exact) mass is 491 g/mol. The summed E-state index contributed by atoms with van der Waals surface area (Å²) in [6, 6.07) is 13.6. The van der Waals surface area contributed by atoms with Crippen LogP contribution in [0.5, 0.6) is 0 Å². The number of unbranched alkanes of at least 4 members (excludes halogenated alkanes) is 1. The molecular formula is C28H33N3O5. The van der Waals surface area contributed by atoms with E-state index in [9.17, 15) is 19.2 Å². The fourth-order valence-corrected chi connectivity index (χ4v) is 4.97. The van der Waals surface area contributed by atoms with E-state index >= 15 is 0 Å². The molecule has 0 radical (unpaired) electrons. The third-order valence-corrected chi connectivity index (χ3v) is 6.94. The van der Waals surface area contributed by atoms with Crippen molar-refractivity contribution in [3.05, 3.63) is 65.2 Å². The molecular weight excluding hydrogens is 458 g/mol. The quantitative estimate of drug-likeness (QED) is 0.410. The fraction of sp³-hybridized carbons (Fsp3) is 0.429. The molecule has 1 saturated carbocycles. The summed E-state index contributed by atoms with van der Waals surface area (Å²) in [5.41, 5.74) is 1.26. The van der Waals surface area contributed by atoms with Crippen molar-refractivity contribution in [2.45, 2.75) is 58.9 Å². The molecule has 36 heavy (non-hydrogen) atoms. The zero-order chi connectivity index (χ0) is 25.7. The molecule has 2 aliphatic rings. The van der Waals surface area contributed by atoms with Crippen LogP contribution in [0, 0.1) is 5.41 Å². The molecule has 2 aromatic rings. The van der Waals surface area contributed by atoms with Gasteiger partial charge in [0.15, 0.2) is 0 Å². The summed E-state index contributed by atoms with van der Waals surface area (Å²) in [5, 5.41) is 6.06. The van der Waals surface area contributed by atoms with E-state index in [1.807, 2.05) is 0 Å². The molecule has 0 bridgehead atoms. The number of hydrogen-bond acceptors (Lipinski definition) is 5. The number of ether oxygens (including phenoxy) is 1. The minimum absolute atomic E-state index is 0.0560. The fourth-order valence-electron chi connectivity index (χ4n) is 4.97. The van der Waals surface area contributed by atoms with E-state index < -0.39 is 11.4 Å². The number of anilines is 1. The molecule has 4 rings (SSSR count). The van der Waals surface area contributed by atoms with Gasteiger partial charge in [-0.15, -0.1) is 0 Å². The minimum atomic E-state index is -0.883. The summed E-state index contributed by atoms with van der Waals surface area (Å²) in [6.07, 6.45) is 4.83. The predicted molar refractivity (Wildman–Crippen MR) is 135 cm³/mol. The zero-order valence-corrected chi connectivity index (χ0v) is 20.9. The number of carbonyl (C=O) groups is 4. The van der Waals surface area contributed by atoms with Gasteiger partial charge in [-0.1, -0.05) is 44.4 Å². The first-order chi connectivity index (χ1) is 17.4. The van der Waals surface area contributed by atoms with E-state index in [1.54, 1.807) is 65.5 Å². The number of benzene rings is 2. The molecule has 1 saturated heterocycles. The van der Waals surface area contributed by atoms with Crippen LogP contribution in [0.25, 0.3) is 0 Å². The van der Waals surface area contributed by atoms with Crippen LogP contribution < -0.4 is 5.32 Å². The smallest absolute Gasteiger partial charge is 0.338 e. The molecule has 190 valence electrons. The van der Waals surface area contributed by atoms with E-state index in [0.29, 0.717) is 42.7 Å².